The summed E-state index contributed by atoms with van der Waals surface area (Å²) < 4.78 is 5.73. The van der Waals surface area contributed by atoms with Gasteiger partial charge < -0.3 is 9.84 Å². The van der Waals surface area contributed by atoms with E-state index in [-0.39, 0.29) is 11.8 Å². The zero-order valence-electron chi connectivity index (χ0n) is 8.05. The van der Waals surface area contributed by atoms with Gasteiger partial charge in [-0.3, -0.25) is 0 Å². The highest BCUT2D eigenvalue weighted by Crippen LogP contribution is 2.45. The van der Waals surface area contributed by atoms with Gasteiger partial charge in [0, 0.05) is 11.3 Å². The lowest BCUT2D eigenvalue weighted by Crippen LogP contribution is -2.14. The summed E-state index contributed by atoms with van der Waals surface area (Å²) in [7, 11) is 0. The molecule has 80 valence electrons. The van der Waals surface area contributed by atoms with Crippen LogP contribution in [0.1, 0.15) is 40.7 Å². The van der Waals surface area contributed by atoms with Crippen LogP contribution >= 0.6 is 11.3 Å². The second-order valence-electron chi connectivity index (χ2n) is 4.09. The van der Waals surface area contributed by atoms with Crippen molar-refractivity contribution in [3.05, 3.63) is 16.1 Å². The Labute approximate surface area is 90.9 Å². The zero-order chi connectivity index (χ0) is 10.4. The third-order valence-corrected chi connectivity index (χ3v) is 4.14. The van der Waals surface area contributed by atoms with E-state index in [2.05, 4.69) is 4.98 Å². The molecule has 0 amide bonds. The van der Waals surface area contributed by atoms with Gasteiger partial charge in [-0.25, -0.2) is 9.78 Å². The maximum absolute atomic E-state index is 10.7. The Morgan fingerprint density at radius 3 is 3.00 bits per heavy atom. The molecule has 0 radical (unpaired) electrons. The number of aromatic nitrogens is 1. The average molecular weight is 225 g/mol. The summed E-state index contributed by atoms with van der Waals surface area (Å²) in [6.07, 6.45) is 3.92. The van der Waals surface area contributed by atoms with E-state index in [0.717, 1.165) is 24.3 Å². The van der Waals surface area contributed by atoms with Gasteiger partial charge in [-0.05, 0) is 19.3 Å². The van der Waals surface area contributed by atoms with Crippen LogP contribution in [0.3, 0.4) is 0 Å². The lowest BCUT2D eigenvalue weighted by Gasteiger charge is -2.15. The number of thiazole rings is 1. The van der Waals surface area contributed by atoms with Gasteiger partial charge in [-0.1, -0.05) is 0 Å². The van der Waals surface area contributed by atoms with Crippen molar-refractivity contribution < 1.29 is 14.6 Å². The van der Waals surface area contributed by atoms with Crippen LogP contribution < -0.4 is 0 Å². The van der Waals surface area contributed by atoms with E-state index in [1.807, 2.05) is 0 Å². The van der Waals surface area contributed by atoms with Gasteiger partial charge in [-0.15, -0.1) is 11.3 Å². The second-order valence-corrected chi connectivity index (χ2v) is 4.98. The van der Waals surface area contributed by atoms with Gasteiger partial charge in [0.1, 0.15) is 0 Å². The van der Waals surface area contributed by atoms with Gasteiger partial charge in [0.15, 0.2) is 5.69 Å². The van der Waals surface area contributed by atoms with Gasteiger partial charge >= 0.3 is 5.97 Å². The van der Waals surface area contributed by atoms with Gasteiger partial charge in [-0.2, -0.15) is 0 Å². The number of carboxylic acid groups (broad SMARTS) is 1. The molecule has 0 aromatic carbocycles. The van der Waals surface area contributed by atoms with E-state index in [9.17, 15) is 4.79 Å². The van der Waals surface area contributed by atoms with Crippen molar-refractivity contribution in [2.45, 2.75) is 37.4 Å². The van der Waals surface area contributed by atoms with E-state index in [0.29, 0.717) is 12.0 Å². The first-order chi connectivity index (χ1) is 7.24. The van der Waals surface area contributed by atoms with Crippen molar-refractivity contribution >= 4 is 17.3 Å². The highest BCUT2D eigenvalue weighted by molar-refractivity contribution is 7.09. The van der Waals surface area contributed by atoms with Gasteiger partial charge in [0.05, 0.1) is 17.2 Å². The molecule has 1 N–H and O–H groups in total. The molecule has 3 atom stereocenters. The van der Waals surface area contributed by atoms with E-state index < -0.39 is 5.97 Å². The van der Waals surface area contributed by atoms with Crippen LogP contribution in [-0.2, 0) is 4.74 Å². The average Bonchev–Trinajstić information content (AvgIpc) is 2.93. The Morgan fingerprint density at radius 2 is 2.47 bits per heavy atom. The molecule has 2 fully saturated rings. The summed E-state index contributed by atoms with van der Waals surface area (Å²) in [6.45, 7) is 0. The minimum Gasteiger partial charge on any atom is -0.476 e. The van der Waals surface area contributed by atoms with Crippen LogP contribution in [0.5, 0.6) is 0 Å². The standard InChI is InChI=1S/C10H11NO3S/c12-10(13)7-4-15-9(11-7)6-3-5-1-2-8(6)14-5/h4-6,8H,1-3H2,(H,12,13). The first kappa shape index (κ1) is 9.30. The van der Waals surface area contributed by atoms with Crippen molar-refractivity contribution in [3.8, 4) is 0 Å². The molecule has 0 aliphatic carbocycles. The molecule has 1 aromatic heterocycles. The molecule has 3 heterocycles. The fourth-order valence-corrected chi connectivity index (χ4v) is 3.41. The van der Waals surface area contributed by atoms with Crippen LogP contribution in [0.15, 0.2) is 5.38 Å². The first-order valence-electron chi connectivity index (χ1n) is 5.08. The van der Waals surface area contributed by atoms with E-state index in [1.54, 1.807) is 5.38 Å². The van der Waals surface area contributed by atoms with Crippen molar-refractivity contribution in [3.63, 3.8) is 0 Å². The topological polar surface area (TPSA) is 59.4 Å². The van der Waals surface area contributed by atoms with Crippen molar-refractivity contribution in [1.29, 1.82) is 0 Å². The number of carbonyl (C=O) groups is 1. The predicted octanol–water partition coefficient (Wildman–Crippen LogP) is 1.88. The molecule has 0 saturated carbocycles. The minimum atomic E-state index is -0.943. The van der Waals surface area contributed by atoms with Crippen LogP contribution in [-0.4, -0.2) is 28.3 Å². The molecule has 1 aromatic rings. The molecule has 2 saturated heterocycles. The molecule has 4 nitrogen and oxygen atoms in total. The molecule has 2 aliphatic heterocycles. The number of ether oxygens (including phenoxy) is 1. The van der Waals surface area contributed by atoms with E-state index in [4.69, 9.17) is 9.84 Å². The molecule has 2 aliphatic rings. The molecule has 15 heavy (non-hydrogen) atoms. The molecule has 2 bridgehead atoms. The largest absolute Gasteiger partial charge is 0.476 e. The maximum Gasteiger partial charge on any atom is 0.355 e. The second kappa shape index (κ2) is 3.28. The lowest BCUT2D eigenvalue weighted by molar-refractivity contribution is 0.0690. The summed E-state index contributed by atoms with van der Waals surface area (Å²) in [5.41, 5.74) is 0.165. The monoisotopic (exact) mass is 225 g/mol. The quantitative estimate of drug-likeness (QED) is 0.834. The number of rotatable bonds is 2. The van der Waals surface area contributed by atoms with Crippen LogP contribution in [0.2, 0.25) is 0 Å². The Morgan fingerprint density at radius 1 is 1.60 bits per heavy atom. The minimum absolute atomic E-state index is 0.165. The Kier molecular flexibility index (Phi) is 2.03. The van der Waals surface area contributed by atoms with Crippen LogP contribution in [0, 0.1) is 0 Å². The van der Waals surface area contributed by atoms with Crippen LogP contribution in [0.25, 0.3) is 0 Å². The van der Waals surface area contributed by atoms with Crippen molar-refractivity contribution in [2.75, 3.05) is 0 Å². The SMILES string of the molecule is O=C(O)c1csc(C2CC3CCC2O3)n1. The van der Waals surface area contributed by atoms with Crippen molar-refractivity contribution in [2.24, 2.45) is 0 Å². The number of aromatic carboxylic acids is 1. The van der Waals surface area contributed by atoms with E-state index in [1.165, 1.54) is 11.3 Å². The Balaban J connectivity index is 1.84. The molecule has 0 spiro atoms. The lowest BCUT2D eigenvalue weighted by atomic mass is 9.90. The number of nitrogens with zero attached hydrogens (tertiary/aromatic N) is 1. The summed E-state index contributed by atoms with van der Waals surface area (Å²) >= 11 is 1.44. The predicted molar refractivity (Wildman–Crippen MR) is 54.3 cm³/mol. The number of hydrogen-bond acceptors (Lipinski definition) is 4. The summed E-state index contributed by atoms with van der Waals surface area (Å²) in [5.74, 6) is -0.608. The highest BCUT2D eigenvalue weighted by atomic mass is 32.1. The summed E-state index contributed by atoms with van der Waals surface area (Å²) in [6, 6.07) is 0. The maximum atomic E-state index is 10.7. The Hall–Kier alpha value is -0.940. The van der Waals surface area contributed by atoms with Gasteiger partial charge in [0.2, 0.25) is 0 Å². The molecular weight excluding hydrogens is 214 g/mol. The smallest absolute Gasteiger partial charge is 0.355 e. The third kappa shape index (κ3) is 1.46. The first-order valence-corrected chi connectivity index (χ1v) is 5.96. The molecule has 3 unspecified atom stereocenters. The third-order valence-electron chi connectivity index (χ3n) is 3.16. The number of fused-ring (bicyclic) bond motifs is 2. The fourth-order valence-electron chi connectivity index (χ4n) is 2.45. The fraction of sp³-hybridized carbons (Fsp3) is 0.600. The van der Waals surface area contributed by atoms with Crippen molar-refractivity contribution in [1.82, 2.24) is 4.98 Å². The molecular formula is C10H11NO3S. The summed E-state index contributed by atoms with van der Waals surface area (Å²) in [5, 5.41) is 11.3. The summed E-state index contributed by atoms with van der Waals surface area (Å²) in [4.78, 5) is 14.9. The molecule has 5 heteroatoms. The number of hydrogen-bond donors (Lipinski definition) is 1. The van der Waals surface area contributed by atoms with Crippen LogP contribution in [0.4, 0.5) is 0 Å². The van der Waals surface area contributed by atoms with E-state index >= 15 is 0 Å². The van der Waals surface area contributed by atoms with Gasteiger partial charge in [0.25, 0.3) is 0 Å². The number of carboxylic acids is 1. The zero-order valence-corrected chi connectivity index (χ0v) is 8.87. The normalized spacial score (nSPS) is 33.5. The highest BCUT2D eigenvalue weighted by Gasteiger charge is 2.42. The Bertz CT molecular complexity index is 403. The molecule has 3 rings (SSSR count).